The van der Waals surface area contributed by atoms with Gasteiger partial charge in [-0.1, -0.05) is 236 Å². The van der Waals surface area contributed by atoms with E-state index in [4.69, 9.17) is 14.2 Å². The molecule has 0 aliphatic rings. The highest BCUT2D eigenvalue weighted by Crippen LogP contribution is 2.16. The highest BCUT2D eigenvalue weighted by molar-refractivity contribution is 5.71. The van der Waals surface area contributed by atoms with Gasteiger partial charge >= 0.3 is 17.9 Å². The van der Waals surface area contributed by atoms with E-state index in [9.17, 15) is 14.4 Å². The minimum atomic E-state index is -0.787. The van der Waals surface area contributed by atoms with Crippen LogP contribution in [0.15, 0.2) is 60.8 Å². The number of hydrogen-bond donors (Lipinski definition) is 0. The quantitative estimate of drug-likeness (QED) is 0.0262. The summed E-state index contributed by atoms with van der Waals surface area (Å²) in [6, 6.07) is 0. The van der Waals surface area contributed by atoms with E-state index in [2.05, 4.69) is 81.5 Å². The molecule has 0 saturated carbocycles. The molecule has 0 saturated heterocycles. The number of allylic oxidation sites excluding steroid dienone is 10. The number of esters is 3. The molecule has 65 heavy (non-hydrogen) atoms. The third kappa shape index (κ3) is 51.9. The molecule has 1 atom stereocenters. The van der Waals surface area contributed by atoms with Crippen molar-refractivity contribution in [2.45, 2.75) is 284 Å². The van der Waals surface area contributed by atoms with Crippen LogP contribution < -0.4 is 0 Å². The number of ether oxygens (including phenoxy) is 3. The van der Waals surface area contributed by atoms with Crippen LogP contribution in [-0.2, 0) is 28.6 Å². The first-order valence-electron chi connectivity index (χ1n) is 27.8. The lowest BCUT2D eigenvalue weighted by Crippen LogP contribution is -2.30. The van der Waals surface area contributed by atoms with Crippen molar-refractivity contribution in [2.24, 2.45) is 0 Å². The fourth-order valence-electron chi connectivity index (χ4n) is 7.84. The van der Waals surface area contributed by atoms with Crippen LogP contribution in [0.4, 0.5) is 0 Å². The fraction of sp³-hybridized carbons (Fsp3) is 0.780. The van der Waals surface area contributed by atoms with Gasteiger partial charge in [0.25, 0.3) is 0 Å². The summed E-state index contributed by atoms with van der Waals surface area (Å²) in [5, 5.41) is 0. The Balaban J connectivity index is 4.39. The van der Waals surface area contributed by atoms with Crippen molar-refractivity contribution in [3.8, 4) is 0 Å². The van der Waals surface area contributed by atoms with Gasteiger partial charge in [-0.2, -0.15) is 0 Å². The Morgan fingerprint density at radius 1 is 0.323 bits per heavy atom. The summed E-state index contributed by atoms with van der Waals surface area (Å²) in [4.78, 5) is 38.1. The first-order chi connectivity index (χ1) is 32.0. The Bertz CT molecular complexity index is 1180. The van der Waals surface area contributed by atoms with Crippen molar-refractivity contribution in [3.05, 3.63) is 60.8 Å². The van der Waals surface area contributed by atoms with Gasteiger partial charge in [0.05, 0.1) is 0 Å². The maximum Gasteiger partial charge on any atom is 0.306 e. The van der Waals surface area contributed by atoms with Gasteiger partial charge in [0.15, 0.2) is 6.10 Å². The summed E-state index contributed by atoms with van der Waals surface area (Å²) in [6.07, 6.45) is 66.4. The molecule has 0 heterocycles. The summed E-state index contributed by atoms with van der Waals surface area (Å²) >= 11 is 0. The summed E-state index contributed by atoms with van der Waals surface area (Å²) in [5.41, 5.74) is 0. The van der Waals surface area contributed by atoms with E-state index in [1.54, 1.807) is 0 Å². The highest BCUT2D eigenvalue weighted by atomic mass is 16.6. The third-order valence-corrected chi connectivity index (χ3v) is 12.0. The summed E-state index contributed by atoms with van der Waals surface area (Å²) in [7, 11) is 0. The second-order valence-corrected chi connectivity index (χ2v) is 18.5. The standard InChI is InChI=1S/C59H104O6/c1-4-7-10-13-16-19-22-25-27-29-31-34-37-40-43-46-49-52-58(61)64-55-56(54-63-57(60)51-48-45-42-39-36-33-24-21-18-15-12-9-6-3)65-59(62)53-50-47-44-41-38-35-32-30-28-26-23-20-17-14-11-8-5-2/h9,12,16,18-19,21,25,27,33,36,56H,4-8,10-11,13-15,17,20,22-24,26,28-32,34-35,37-55H2,1-3H3/b12-9-,19-16-,21-18-,27-25-,36-33-. The first kappa shape index (κ1) is 62.1. The minimum Gasteiger partial charge on any atom is -0.462 e. The zero-order valence-electron chi connectivity index (χ0n) is 43.0. The monoisotopic (exact) mass is 909 g/mol. The van der Waals surface area contributed by atoms with Crippen LogP contribution in [-0.4, -0.2) is 37.2 Å². The highest BCUT2D eigenvalue weighted by Gasteiger charge is 2.19. The molecule has 376 valence electrons. The van der Waals surface area contributed by atoms with Crippen molar-refractivity contribution < 1.29 is 28.6 Å². The van der Waals surface area contributed by atoms with E-state index in [0.29, 0.717) is 19.3 Å². The number of rotatable bonds is 50. The molecule has 0 radical (unpaired) electrons. The maximum absolute atomic E-state index is 12.8. The largest absolute Gasteiger partial charge is 0.462 e. The molecule has 0 rings (SSSR count). The summed E-state index contributed by atoms with van der Waals surface area (Å²) in [5.74, 6) is -0.913. The van der Waals surface area contributed by atoms with Gasteiger partial charge in [-0.25, -0.2) is 0 Å². The molecule has 0 aromatic rings. The minimum absolute atomic E-state index is 0.0858. The second-order valence-electron chi connectivity index (χ2n) is 18.5. The van der Waals surface area contributed by atoms with E-state index in [0.717, 1.165) is 96.3 Å². The molecule has 0 amide bonds. The molecular weight excluding hydrogens is 805 g/mol. The molecule has 0 N–H and O–H groups in total. The van der Waals surface area contributed by atoms with Crippen LogP contribution in [0.1, 0.15) is 278 Å². The van der Waals surface area contributed by atoms with Crippen LogP contribution in [0.5, 0.6) is 0 Å². The number of carbonyl (C=O) groups excluding carboxylic acids is 3. The number of carbonyl (C=O) groups is 3. The van der Waals surface area contributed by atoms with Crippen molar-refractivity contribution in [2.75, 3.05) is 13.2 Å². The van der Waals surface area contributed by atoms with Gasteiger partial charge in [-0.3, -0.25) is 14.4 Å². The Morgan fingerprint density at radius 3 is 0.985 bits per heavy atom. The van der Waals surface area contributed by atoms with Gasteiger partial charge < -0.3 is 14.2 Å². The van der Waals surface area contributed by atoms with E-state index in [-0.39, 0.29) is 31.1 Å². The molecule has 1 unspecified atom stereocenters. The van der Waals surface area contributed by atoms with Crippen molar-refractivity contribution in [1.82, 2.24) is 0 Å². The molecule has 0 aromatic heterocycles. The smallest absolute Gasteiger partial charge is 0.306 e. The van der Waals surface area contributed by atoms with E-state index >= 15 is 0 Å². The molecular formula is C59H104O6. The molecule has 0 bridgehead atoms. The number of unbranched alkanes of at least 4 members (excludes halogenated alkanes) is 29. The lowest BCUT2D eigenvalue weighted by molar-refractivity contribution is -0.167. The summed E-state index contributed by atoms with van der Waals surface area (Å²) < 4.78 is 16.8. The van der Waals surface area contributed by atoms with Gasteiger partial charge in [-0.05, 0) is 83.5 Å². The predicted octanol–water partition coefficient (Wildman–Crippen LogP) is 18.4. The normalized spacial score (nSPS) is 12.5. The van der Waals surface area contributed by atoms with Crippen LogP contribution >= 0.6 is 0 Å². The molecule has 0 spiro atoms. The molecule has 0 aliphatic carbocycles. The van der Waals surface area contributed by atoms with Crippen LogP contribution in [0.25, 0.3) is 0 Å². The van der Waals surface area contributed by atoms with Gasteiger partial charge in [0.2, 0.25) is 0 Å². The SMILES string of the molecule is CC/C=C\C/C=C\C/C=C\CCCCCC(=O)OCC(COC(=O)CCCCCCCCC/C=C\C/C=C\CCCCC)OC(=O)CCCCCCCCCCCCCCCCCCC. The van der Waals surface area contributed by atoms with Gasteiger partial charge in [0.1, 0.15) is 13.2 Å². The lowest BCUT2D eigenvalue weighted by atomic mass is 10.0. The molecule has 0 aliphatic heterocycles. The van der Waals surface area contributed by atoms with E-state index in [1.165, 1.54) is 141 Å². The molecule has 0 fully saturated rings. The average Bonchev–Trinajstić information content (AvgIpc) is 3.30. The lowest BCUT2D eigenvalue weighted by Gasteiger charge is -2.18. The first-order valence-corrected chi connectivity index (χ1v) is 27.8. The Morgan fingerprint density at radius 2 is 0.600 bits per heavy atom. The van der Waals surface area contributed by atoms with Crippen LogP contribution in [0.3, 0.4) is 0 Å². The Kier molecular flexibility index (Phi) is 51.3. The number of hydrogen-bond acceptors (Lipinski definition) is 6. The Labute approximate surface area is 402 Å². The zero-order chi connectivity index (χ0) is 47.2. The topological polar surface area (TPSA) is 78.9 Å². The second kappa shape index (κ2) is 53.7. The molecule has 6 heteroatoms. The fourth-order valence-corrected chi connectivity index (χ4v) is 7.84. The third-order valence-electron chi connectivity index (χ3n) is 12.0. The van der Waals surface area contributed by atoms with Crippen molar-refractivity contribution in [3.63, 3.8) is 0 Å². The Hall–Kier alpha value is -2.89. The summed E-state index contributed by atoms with van der Waals surface area (Å²) in [6.45, 7) is 6.49. The van der Waals surface area contributed by atoms with Crippen LogP contribution in [0, 0.1) is 0 Å². The van der Waals surface area contributed by atoms with Crippen LogP contribution in [0.2, 0.25) is 0 Å². The van der Waals surface area contributed by atoms with E-state index in [1.807, 2.05) is 0 Å². The van der Waals surface area contributed by atoms with Crippen molar-refractivity contribution >= 4 is 17.9 Å². The maximum atomic E-state index is 12.8. The molecule has 6 nitrogen and oxygen atoms in total. The van der Waals surface area contributed by atoms with E-state index < -0.39 is 6.10 Å². The average molecular weight is 909 g/mol. The van der Waals surface area contributed by atoms with Gasteiger partial charge in [0, 0.05) is 19.3 Å². The predicted molar refractivity (Wildman–Crippen MR) is 279 cm³/mol. The molecule has 0 aromatic carbocycles. The van der Waals surface area contributed by atoms with Gasteiger partial charge in [-0.15, -0.1) is 0 Å². The zero-order valence-corrected chi connectivity index (χ0v) is 43.0. The van der Waals surface area contributed by atoms with Crippen molar-refractivity contribution in [1.29, 1.82) is 0 Å².